The number of carbonyl (C=O) groups is 2. The summed E-state index contributed by atoms with van der Waals surface area (Å²) in [4.78, 5) is 26.5. The Labute approximate surface area is 111 Å². The average Bonchev–Trinajstić information content (AvgIpc) is 2.84. The molecule has 0 saturated carbocycles. The third-order valence-electron chi connectivity index (χ3n) is 3.41. The fourth-order valence-corrected chi connectivity index (χ4v) is 3.51. The Kier molecular flexibility index (Phi) is 3.43. The zero-order valence-electron chi connectivity index (χ0n) is 10.9. The molecule has 98 valence electrons. The minimum absolute atomic E-state index is 0.0658. The normalized spacial score (nSPS) is 22.8. The van der Waals surface area contributed by atoms with Crippen molar-refractivity contribution in [3.8, 4) is 0 Å². The zero-order valence-corrected chi connectivity index (χ0v) is 11.7. The molecule has 0 spiro atoms. The minimum atomic E-state index is -0.333. The summed E-state index contributed by atoms with van der Waals surface area (Å²) in [5.74, 6) is -0.168. The molecule has 1 aromatic rings. The van der Waals surface area contributed by atoms with E-state index in [2.05, 4.69) is 0 Å². The van der Waals surface area contributed by atoms with Crippen LogP contribution in [0.25, 0.3) is 0 Å². The lowest BCUT2D eigenvalue weighted by Gasteiger charge is -2.39. The summed E-state index contributed by atoms with van der Waals surface area (Å²) >= 11 is 1.55. The monoisotopic (exact) mass is 267 g/mol. The molecule has 2 rings (SSSR count). The van der Waals surface area contributed by atoms with Crippen molar-refractivity contribution < 1.29 is 14.3 Å². The van der Waals surface area contributed by atoms with Crippen molar-refractivity contribution in [1.29, 1.82) is 0 Å². The van der Waals surface area contributed by atoms with Crippen LogP contribution in [0.2, 0.25) is 0 Å². The SMILES string of the molecule is CCN1CC(C)(CC(=O)OC)c2sccc2C1=O. The fourth-order valence-electron chi connectivity index (χ4n) is 2.46. The third-order valence-corrected chi connectivity index (χ3v) is 4.64. The van der Waals surface area contributed by atoms with E-state index in [1.165, 1.54) is 7.11 Å². The molecule has 18 heavy (non-hydrogen) atoms. The molecule has 1 atom stereocenters. The molecular weight excluding hydrogens is 250 g/mol. The molecule has 1 amide bonds. The highest BCUT2D eigenvalue weighted by Crippen LogP contribution is 2.39. The average molecular weight is 267 g/mol. The van der Waals surface area contributed by atoms with Gasteiger partial charge in [0.05, 0.1) is 19.1 Å². The summed E-state index contributed by atoms with van der Waals surface area (Å²) in [6.07, 6.45) is 0.306. The number of amides is 1. The first kappa shape index (κ1) is 13.1. The molecule has 0 N–H and O–H groups in total. The highest BCUT2D eigenvalue weighted by molar-refractivity contribution is 7.10. The minimum Gasteiger partial charge on any atom is -0.469 e. The molecule has 1 aromatic heterocycles. The molecular formula is C13H17NO3S. The van der Waals surface area contributed by atoms with Crippen LogP contribution in [0, 0.1) is 0 Å². The van der Waals surface area contributed by atoms with Gasteiger partial charge >= 0.3 is 5.97 Å². The predicted molar refractivity (Wildman–Crippen MR) is 69.9 cm³/mol. The first-order valence-corrected chi connectivity index (χ1v) is 6.84. The number of carbonyl (C=O) groups excluding carboxylic acids is 2. The number of thiophene rings is 1. The molecule has 0 fully saturated rings. The molecule has 1 aliphatic rings. The van der Waals surface area contributed by atoms with Crippen molar-refractivity contribution in [2.24, 2.45) is 0 Å². The molecule has 0 saturated heterocycles. The second-order valence-electron chi connectivity index (χ2n) is 4.80. The number of fused-ring (bicyclic) bond motifs is 1. The van der Waals surface area contributed by atoms with E-state index in [0.29, 0.717) is 19.5 Å². The number of hydrogen-bond donors (Lipinski definition) is 0. The maximum absolute atomic E-state index is 12.2. The van der Waals surface area contributed by atoms with Crippen molar-refractivity contribution in [1.82, 2.24) is 4.90 Å². The molecule has 1 unspecified atom stereocenters. The molecule has 5 heteroatoms. The van der Waals surface area contributed by atoms with Gasteiger partial charge in [-0.3, -0.25) is 9.59 Å². The number of ether oxygens (including phenoxy) is 1. The summed E-state index contributed by atoms with van der Waals surface area (Å²) < 4.78 is 4.77. The maximum Gasteiger partial charge on any atom is 0.306 e. The van der Waals surface area contributed by atoms with Gasteiger partial charge in [-0.2, -0.15) is 0 Å². The number of nitrogens with zero attached hydrogens (tertiary/aromatic N) is 1. The Morgan fingerprint density at radius 3 is 2.94 bits per heavy atom. The molecule has 2 heterocycles. The lowest BCUT2D eigenvalue weighted by molar-refractivity contribution is -0.142. The van der Waals surface area contributed by atoms with Crippen molar-refractivity contribution in [2.45, 2.75) is 25.7 Å². The third kappa shape index (κ3) is 2.03. The van der Waals surface area contributed by atoms with E-state index in [1.807, 2.05) is 25.3 Å². The standard InChI is InChI=1S/C13H17NO3S/c1-4-14-8-13(2,7-10(15)17-3)11-9(12(14)16)5-6-18-11/h5-6H,4,7-8H2,1-3H3. The van der Waals surface area contributed by atoms with Crippen LogP contribution in [0.4, 0.5) is 0 Å². The number of rotatable bonds is 3. The molecule has 0 bridgehead atoms. The van der Waals surface area contributed by atoms with Crippen LogP contribution in [-0.2, 0) is 14.9 Å². The van der Waals surface area contributed by atoms with Gasteiger partial charge in [0, 0.05) is 23.4 Å². The van der Waals surface area contributed by atoms with Gasteiger partial charge in [0.1, 0.15) is 0 Å². The highest BCUT2D eigenvalue weighted by atomic mass is 32.1. The molecule has 0 aliphatic carbocycles. The van der Waals surface area contributed by atoms with Crippen molar-refractivity contribution >= 4 is 23.2 Å². The van der Waals surface area contributed by atoms with E-state index in [1.54, 1.807) is 16.2 Å². The van der Waals surface area contributed by atoms with Gasteiger partial charge in [0.2, 0.25) is 0 Å². The number of methoxy groups -OCH3 is 1. The molecule has 0 aromatic carbocycles. The number of likely N-dealkylation sites (N-methyl/N-ethyl adjacent to an activating group) is 1. The number of esters is 1. The Morgan fingerprint density at radius 1 is 1.61 bits per heavy atom. The Morgan fingerprint density at radius 2 is 2.33 bits per heavy atom. The summed E-state index contributed by atoms with van der Waals surface area (Å²) in [7, 11) is 1.40. The second-order valence-corrected chi connectivity index (χ2v) is 5.71. The van der Waals surface area contributed by atoms with Gasteiger partial charge in [-0.25, -0.2) is 0 Å². The predicted octanol–water partition coefficient (Wildman–Crippen LogP) is 2.04. The summed E-state index contributed by atoms with van der Waals surface area (Å²) in [6, 6.07) is 1.85. The maximum atomic E-state index is 12.2. The van der Waals surface area contributed by atoms with Crippen molar-refractivity contribution in [3.05, 3.63) is 21.9 Å². The molecule has 4 nitrogen and oxygen atoms in total. The van der Waals surface area contributed by atoms with Gasteiger partial charge in [-0.15, -0.1) is 11.3 Å². The van der Waals surface area contributed by atoms with Crippen LogP contribution in [-0.4, -0.2) is 37.0 Å². The van der Waals surface area contributed by atoms with Gasteiger partial charge in [-0.05, 0) is 18.4 Å². The van der Waals surface area contributed by atoms with Crippen molar-refractivity contribution in [2.75, 3.05) is 20.2 Å². The van der Waals surface area contributed by atoms with Gasteiger partial charge in [-0.1, -0.05) is 6.92 Å². The van der Waals surface area contributed by atoms with Crippen LogP contribution in [0.1, 0.15) is 35.5 Å². The number of hydrogen-bond acceptors (Lipinski definition) is 4. The molecule has 0 radical (unpaired) electrons. The van der Waals surface area contributed by atoms with E-state index in [9.17, 15) is 9.59 Å². The zero-order chi connectivity index (χ0) is 13.3. The summed E-state index contributed by atoms with van der Waals surface area (Å²) in [5.41, 5.74) is 0.403. The lowest BCUT2D eigenvalue weighted by atomic mass is 9.80. The van der Waals surface area contributed by atoms with E-state index in [4.69, 9.17) is 4.74 Å². The summed E-state index contributed by atoms with van der Waals surface area (Å²) in [5, 5.41) is 1.91. The summed E-state index contributed by atoms with van der Waals surface area (Å²) in [6.45, 7) is 5.21. The van der Waals surface area contributed by atoms with Crippen LogP contribution < -0.4 is 0 Å². The Hall–Kier alpha value is -1.36. The molecule has 1 aliphatic heterocycles. The van der Waals surface area contributed by atoms with E-state index in [0.717, 1.165) is 10.4 Å². The van der Waals surface area contributed by atoms with Gasteiger partial charge in [0.15, 0.2) is 0 Å². The van der Waals surface area contributed by atoms with E-state index >= 15 is 0 Å². The smallest absolute Gasteiger partial charge is 0.306 e. The fraction of sp³-hybridized carbons (Fsp3) is 0.538. The van der Waals surface area contributed by atoms with Crippen molar-refractivity contribution in [3.63, 3.8) is 0 Å². The van der Waals surface area contributed by atoms with Crippen LogP contribution >= 0.6 is 11.3 Å². The van der Waals surface area contributed by atoms with Gasteiger partial charge in [0.25, 0.3) is 5.91 Å². The van der Waals surface area contributed by atoms with Crippen LogP contribution in [0.3, 0.4) is 0 Å². The van der Waals surface area contributed by atoms with Crippen LogP contribution in [0.5, 0.6) is 0 Å². The first-order valence-electron chi connectivity index (χ1n) is 5.96. The Balaban J connectivity index is 2.40. The topological polar surface area (TPSA) is 46.6 Å². The lowest BCUT2D eigenvalue weighted by Crippen LogP contribution is -2.48. The first-order chi connectivity index (χ1) is 8.51. The second kappa shape index (κ2) is 4.72. The quantitative estimate of drug-likeness (QED) is 0.787. The van der Waals surface area contributed by atoms with E-state index < -0.39 is 0 Å². The largest absolute Gasteiger partial charge is 0.469 e. The van der Waals surface area contributed by atoms with E-state index in [-0.39, 0.29) is 17.3 Å². The highest BCUT2D eigenvalue weighted by Gasteiger charge is 2.41. The van der Waals surface area contributed by atoms with Crippen LogP contribution in [0.15, 0.2) is 11.4 Å². The Bertz CT molecular complexity index is 482. The van der Waals surface area contributed by atoms with Gasteiger partial charge < -0.3 is 9.64 Å².